The van der Waals surface area contributed by atoms with Crippen LogP contribution in [0.25, 0.3) is 0 Å². The number of halogens is 1. The highest BCUT2D eigenvalue weighted by molar-refractivity contribution is 14.1. The molecule has 3 unspecified atom stereocenters. The first-order valence-electron chi connectivity index (χ1n) is 9.02. The van der Waals surface area contributed by atoms with Crippen molar-refractivity contribution in [1.82, 2.24) is 10.6 Å². The van der Waals surface area contributed by atoms with Crippen molar-refractivity contribution in [2.45, 2.75) is 31.2 Å². The number of rotatable bonds is 8. The Morgan fingerprint density at radius 1 is 1.32 bits per heavy atom. The highest BCUT2D eigenvalue weighted by Crippen LogP contribution is 2.27. The average Bonchev–Trinajstić information content (AvgIpc) is 3.22. The van der Waals surface area contributed by atoms with E-state index >= 15 is 0 Å². The summed E-state index contributed by atoms with van der Waals surface area (Å²) < 4.78 is 12.0. The number of para-hydroxylation sites is 1. The minimum absolute atomic E-state index is 0.133. The van der Waals surface area contributed by atoms with Crippen LogP contribution in [0.3, 0.4) is 0 Å². The fraction of sp³-hybridized carbons (Fsp3) is 0.350. The van der Waals surface area contributed by atoms with Crippen LogP contribution < -0.4 is 15.4 Å². The van der Waals surface area contributed by atoms with Gasteiger partial charge in [0.25, 0.3) is 0 Å². The van der Waals surface area contributed by atoms with E-state index in [9.17, 15) is 9.90 Å². The molecule has 3 rings (SSSR count). The number of amides is 1. The van der Waals surface area contributed by atoms with E-state index in [1.165, 1.54) is 0 Å². The second-order valence-electron chi connectivity index (χ2n) is 6.50. The van der Waals surface area contributed by atoms with E-state index in [1.807, 2.05) is 30.3 Å². The smallest absolute Gasteiger partial charge is 0.247 e. The van der Waals surface area contributed by atoms with E-state index < -0.39 is 12.2 Å². The fourth-order valence-corrected chi connectivity index (χ4v) is 3.54. The topological polar surface area (TPSA) is 104 Å². The quantitative estimate of drug-likeness (QED) is 0.413. The molecule has 28 heavy (non-hydrogen) atoms. The van der Waals surface area contributed by atoms with Crippen LogP contribution in [-0.2, 0) is 11.3 Å². The molecule has 0 aliphatic heterocycles. The third-order valence-electron chi connectivity index (χ3n) is 4.49. The average molecular weight is 498 g/mol. The van der Waals surface area contributed by atoms with Crippen molar-refractivity contribution >= 4 is 28.5 Å². The molecule has 1 aromatic heterocycles. The van der Waals surface area contributed by atoms with Gasteiger partial charge in [-0.05, 0) is 53.3 Å². The largest absolute Gasteiger partial charge is 0.482 e. The summed E-state index contributed by atoms with van der Waals surface area (Å²) >= 11 is 2.17. The third kappa shape index (κ3) is 5.34. The zero-order chi connectivity index (χ0) is 19.9. The lowest BCUT2D eigenvalue weighted by atomic mass is 9.89. The zero-order valence-corrected chi connectivity index (χ0v) is 17.3. The van der Waals surface area contributed by atoms with Gasteiger partial charge in [-0.3, -0.25) is 4.79 Å². The predicted molar refractivity (Wildman–Crippen MR) is 112 cm³/mol. The second-order valence-corrected chi connectivity index (χ2v) is 7.66. The Labute approximate surface area is 176 Å². The van der Waals surface area contributed by atoms with E-state index in [2.05, 4.69) is 33.2 Å². The number of carbonyl (C=O) groups is 1. The first kappa shape index (κ1) is 20.8. The fourth-order valence-electron chi connectivity index (χ4n) is 3.03. The van der Waals surface area contributed by atoms with Crippen molar-refractivity contribution in [3.8, 4) is 5.75 Å². The summed E-state index contributed by atoms with van der Waals surface area (Å²) in [6.07, 6.45) is 3.72. The number of hydrogen-bond acceptors (Lipinski definition) is 6. The lowest BCUT2D eigenvalue weighted by Gasteiger charge is -2.34. The third-order valence-corrected chi connectivity index (χ3v) is 5.38. The SMILES string of the molecule is O=C(NCCO)C1=CC(Oc2ccccc2I)C(O)C(NCc2ccoc2)C1. The maximum absolute atomic E-state index is 12.4. The zero-order valence-electron chi connectivity index (χ0n) is 15.2. The van der Waals surface area contributed by atoms with Crippen LogP contribution in [-0.4, -0.2) is 47.5 Å². The van der Waals surface area contributed by atoms with Gasteiger partial charge < -0.3 is 30.0 Å². The maximum atomic E-state index is 12.4. The summed E-state index contributed by atoms with van der Waals surface area (Å²) in [7, 11) is 0. The number of benzene rings is 1. The molecule has 0 saturated heterocycles. The van der Waals surface area contributed by atoms with Crippen molar-refractivity contribution in [3.63, 3.8) is 0 Å². The van der Waals surface area contributed by atoms with Gasteiger partial charge in [-0.2, -0.15) is 0 Å². The molecule has 0 bridgehead atoms. The van der Waals surface area contributed by atoms with Crippen LogP contribution in [0.2, 0.25) is 0 Å². The number of carbonyl (C=O) groups excluding carboxylic acids is 1. The Hall–Kier alpha value is -1.88. The Morgan fingerprint density at radius 3 is 2.86 bits per heavy atom. The van der Waals surface area contributed by atoms with Gasteiger partial charge in [0.05, 0.1) is 22.7 Å². The number of ether oxygens (including phenoxy) is 1. The first-order valence-corrected chi connectivity index (χ1v) is 10.1. The van der Waals surface area contributed by atoms with Crippen LogP contribution >= 0.6 is 22.6 Å². The molecule has 4 N–H and O–H groups in total. The van der Waals surface area contributed by atoms with Crippen molar-refractivity contribution in [1.29, 1.82) is 0 Å². The summed E-state index contributed by atoms with van der Waals surface area (Å²) in [5.41, 5.74) is 1.46. The summed E-state index contributed by atoms with van der Waals surface area (Å²) in [5.74, 6) is 0.376. The van der Waals surface area contributed by atoms with Crippen molar-refractivity contribution in [2.24, 2.45) is 0 Å². The molecule has 150 valence electrons. The summed E-state index contributed by atoms with van der Waals surface area (Å²) in [4.78, 5) is 12.4. The summed E-state index contributed by atoms with van der Waals surface area (Å²) in [6.45, 7) is 0.541. The normalized spacial score (nSPS) is 21.8. The monoisotopic (exact) mass is 498 g/mol. The van der Waals surface area contributed by atoms with E-state index in [0.29, 0.717) is 24.3 Å². The van der Waals surface area contributed by atoms with E-state index in [0.717, 1.165) is 9.13 Å². The Kier molecular flexibility index (Phi) is 7.49. The summed E-state index contributed by atoms with van der Waals surface area (Å²) in [6, 6.07) is 8.98. The Morgan fingerprint density at radius 2 is 2.14 bits per heavy atom. The van der Waals surface area contributed by atoms with Gasteiger partial charge in [0.2, 0.25) is 5.91 Å². The number of nitrogens with one attached hydrogen (secondary N) is 2. The highest BCUT2D eigenvalue weighted by atomic mass is 127. The van der Waals surface area contributed by atoms with E-state index in [4.69, 9.17) is 14.3 Å². The molecule has 0 spiro atoms. The Balaban J connectivity index is 1.77. The van der Waals surface area contributed by atoms with Crippen LogP contribution in [0.1, 0.15) is 12.0 Å². The minimum atomic E-state index is -0.836. The van der Waals surface area contributed by atoms with Crippen molar-refractivity contribution < 1.29 is 24.2 Å². The van der Waals surface area contributed by atoms with Gasteiger partial charge in [-0.1, -0.05) is 12.1 Å². The molecular weight excluding hydrogens is 475 g/mol. The van der Waals surface area contributed by atoms with Gasteiger partial charge >= 0.3 is 0 Å². The van der Waals surface area contributed by atoms with Crippen LogP contribution in [0.15, 0.2) is 58.9 Å². The van der Waals surface area contributed by atoms with Crippen LogP contribution in [0.5, 0.6) is 5.75 Å². The molecule has 8 heteroatoms. The number of furan rings is 1. The molecule has 0 radical (unpaired) electrons. The van der Waals surface area contributed by atoms with Gasteiger partial charge in [-0.15, -0.1) is 0 Å². The second kappa shape index (κ2) is 10.1. The molecule has 3 atom stereocenters. The minimum Gasteiger partial charge on any atom is -0.482 e. The lowest BCUT2D eigenvalue weighted by molar-refractivity contribution is -0.118. The molecule has 2 aromatic rings. The molecule has 7 nitrogen and oxygen atoms in total. The Bertz CT molecular complexity index is 809. The van der Waals surface area contributed by atoms with Gasteiger partial charge in [0.15, 0.2) is 0 Å². The number of hydrogen-bond donors (Lipinski definition) is 4. The highest BCUT2D eigenvalue weighted by Gasteiger charge is 2.35. The van der Waals surface area contributed by atoms with Gasteiger partial charge in [0, 0.05) is 30.3 Å². The predicted octanol–water partition coefficient (Wildman–Crippen LogP) is 1.59. The molecule has 1 amide bonds. The molecular formula is C20H23IN2O5. The summed E-state index contributed by atoms with van der Waals surface area (Å²) in [5, 5.41) is 25.8. The maximum Gasteiger partial charge on any atom is 0.247 e. The molecule has 1 aliphatic rings. The van der Waals surface area contributed by atoms with Gasteiger partial charge in [-0.25, -0.2) is 0 Å². The lowest BCUT2D eigenvalue weighted by Crippen LogP contribution is -2.51. The molecule has 1 aliphatic carbocycles. The first-order chi connectivity index (χ1) is 13.6. The van der Waals surface area contributed by atoms with Crippen molar-refractivity contribution in [3.05, 3.63) is 63.6 Å². The van der Waals surface area contributed by atoms with E-state index in [-0.39, 0.29) is 25.1 Å². The standard InChI is InChI=1S/C20H23IN2O5/c21-15-3-1-2-4-17(15)28-18-10-14(20(26)22-6-7-24)9-16(19(18)25)23-11-13-5-8-27-12-13/h1-5,8,10,12,16,18-19,23-25H,6-7,9,11H2,(H,22,26). The number of aliphatic hydroxyl groups is 2. The van der Waals surface area contributed by atoms with Crippen LogP contribution in [0.4, 0.5) is 0 Å². The van der Waals surface area contributed by atoms with E-state index in [1.54, 1.807) is 18.6 Å². The van der Waals surface area contributed by atoms with Gasteiger partial charge in [0.1, 0.15) is 18.0 Å². The molecule has 0 fully saturated rings. The van der Waals surface area contributed by atoms with Crippen molar-refractivity contribution in [2.75, 3.05) is 13.2 Å². The number of aliphatic hydroxyl groups excluding tert-OH is 2. The molecule has 1 aromatic carbocycles. The van der Waals surface area contributed by atoms with Crippen LogP contribution in [0, 0.1) is 3.57 Å². The molecule has 1 heterocycles. The molecule has 0 saturated carbocycles.